The van der Waals surface area contributed by atoms with Crippen LogP contribution in [0.25, 0.3) is 0 Å². The molecule has 112 valence electrons. The maximum Gasteiger partial charge on any atom is 0.193 e. The molecule has 6 nitrogen and oxygen atoms in total. The molecule has 2 heterocycles. The zero-order valence-electron chi connectivity index (χ0n) is 12.7. The summed E-state index contributed by atoms with van der Waals surface area (Å²) in [6.45, 7) is 4.99. The molecule has 3 rings (SSSR count). The van der Waals surface area contributed by atoms with Crippen LogP contribution in [-0.4, -0.2) is 33.3 Å². The van der Waals surface area contributed by atoms with Crippen molar-refractivity contribution in [2.24, 2.45) is 7.05 Å². The van der Waals surface area contributed by atoms with Gasteiger partial charge in [-0.1, -0.05) is 25.1 Å². The Balaban J connectivity index is 1.80. The second kappa shape index (κ2) is 6.22. The molecule has 0 bridgehead atoms. The first-order valence-electron chi connectivity index (χ1n) is 7.58. The highest BCUT2D eigenvalue weighted by molar-refractivity contribution is 5.56. The molecule has 0 amide bonds. The Bertz CT molecular complexity index is 593. The van der Waals surface area contributed by atoms with Gasteiger partial charge in [0, 0.05) is 18.3 Å². The molecule has 0 spiro atoms. The molecule has 0 saturated carbocycles. The first-order chi connectivity index (χ1) is 10.3. The van der Waals surface area contributed by atoms with Gasteiger partial charge < -0.3 is 10.2 Å². The van der Waals surface area contributed by atoms with Gasteiger partial charge in [-0.3, -0.25) is 0 Å². The molecule has 1 aromatic heterocycles. The van der Waals surface area contributed by atoms with Crippen LogP contribution in [0.2, 0.25) is 0 Å². The van der Waals surface area contributed by atoms with E-state index in [1.807, 2.05) is 0 Å². The SMILES string of the molecule is CCCNC1CCN(Cc2nnn(C)n2)c2ccccc21. The molecule has 1 atom stereocenters. The van der Waals surface area contributed by atoms with Crippen molar-refractivity contribution in [2.45, 2.75) is 32.4 Å². The van der Waals surface area contributed by atoms with Crippen molar-refractivity contribution in [2.75, 3.05) is 18.0 Å². The summed E-state index contributed by atoms with van der Waals surface area (Å²) in [5.74, 6) is 0.771. The molecule has 6 heteroatoms. The number of aryl methyl sites for hydroxylation is 1. The quantitative estimate of drug-likeness (QED) is 0.906. The molecule has 0 fully saturated rings. The lowest BCUT2D eigenvalue weighted by atomic mass is 9.96. The van der Waals surface area contributed by atoms with Crippen molar-refractivity contribution in [3.05, 3.63) is 35.7 Å². The predicted octanol–water partition coefficient (Wildman–Crippen LogP) is 1.66. The summed E-state index contributed by atoms with van der Waals surface area (Å²) in [6.07, 6.45) is 2.27. The van der Waals surface area contributed by atoms with Gasteiger partial charge in [0.15, 0.2) is 5.82 Å². The number of anilines is 1. The third-order valence-electron chi connectivity index (χ3n) is 3.86. The van der Waals surface area contributed by atoms with Gasteiger partial charge >= 0.3 is 0 Å². The second-order valence-corrected chi connectivity index (χ2v) is 5.47. The third kappa shape index (κ3) is 3.05. The van der Waals surface area contributed by atoms with Crippen LogP contribution in [0.1, 0.15) is 37.2 Å². The monoisotopic (exact) mass is 286 g/mol. The van der Waals surface area contributed by atoms with Crippen LogP contribution in [0, 0.1) is 0 Å². The Hall–Kier alpha value is -1.95. The number of fused-ring (bicyclic) bond motifs is 1. The van der Waals surface area contributed by atoms with Gasteiger partial charge in [0.2, 0.25) is 0 Å². The number of hydrogen-bond acceptors (Lipinski definition) is 5. The van der Waals surface area contributed by atoms with E-state index in [0.717, 1.165) is 31.8 Å². The topological polar surface area (TPSA) is 58.9 Å². The largest absolute Gasteiger partial charge is 0.363 e. The Morgan fingerprint density at radius 2 is 2.19 bits per heavy atom. The van der Waals surface area contributed by atoms with E-state index in [9.17, 15) is 0 Å². The van der Waals surface area contributed by atoms with Gasteiger partial charge in [-0.2, -0.15) is 4.80 Å². The molecule has 21 heavy (non-hydrogen) atoms. The highest BCUT2D eigenvalue weighted by atomic mass is 15.6. The van der Waals surface area contributed by atoms with E-state index in [1.54, 1.807) is 7.05 Å². The van der Waals surface area contributed by atoms with E-state index in [-0.39, 0.29) is 0 Å². The average Bonchev–Trinajstić information content (AvgIpc) is 2.92. The third-order valence-corrected chi connectivity index (χ3v) is 3.86. The number of tetrazole rings is 1. The maximum absolute atomic E-state index is 4.28. The van der Waals surface area contributed by atoms with Crippen molar-refractivity contribution >= 4 is 5.69 Å². The summed E-state index contributed by atoms with van der Waals surface area (Å²) in [7, 11) is 1.80. The standard InChI is InChI=1S/C15H22N6/c1-3-9-16-13-8-10-21(11-15-17-19-20(2)18-15)14-7-5-4-6-12(13)14/h4-7,13,16H,3,8-11H2,1-2H3. The average molecular weight is 286 g/mol. The number of nitrogens with zero attached hydrogens (tertiary/aromatic N) is 5. The molecule has 1 aliphatic heterocycles. The van der Waals surface area contributed by atoms with Crippen molar-refractivity contribution in [1.82, 2.24) is 25.5 Å². The van der Waals surface area contributed by atoms with Gasteiger partial charge in [0.05, 0.1) is 13.6 Å². The van der Waals surface area contributed by atoms with Crippen LogP contribution < -0.4 is 10.2 Å². The van der Waals surface area contributed by atoms with Crippen molar-refractivity contribution in [1.29, 1.82) is 0 Å². The van der Waals surface area contributed by atoms with Gasteiger partial charge in [0.25, 0.3) is 0 Å². The molecule has 1 N–H and O–H groups in total. The van der Waals surface area contributed by atoms with Crippen LogP contribution in [0.4, 0.5) is 5.69 Å². The second-order valence-electron chi connectivity index (χ2n) is 5.47. The number of aromatic nitrogens is 4. The summed E-state index contributed by atoms with van der Waals surface area (Å²) in [5.41, 5.74) is 2.66. The summed E-state index contributed by atoms with van der Waals surface area (Å²) in [6, 6.07) is 9.07. The Morgan fingerprint density at radius 3 is 2.95 bits per heavy atom. The zero-order chi connectivity index (χ0) is 14.7. The first kappa shape index (κ1) is 14.0. The van der Waals surface area contributed by atoms with Crippen LogP contribution >= 0.6 is 0 Å². The normalized spacial score (nSPS) is 17.8. The van der Waals surface area contributed by atoms with Crippen LogP contribution in [0.15, 0.2) is 24.3 Å². The Labute approximate surface area is 125 Å². The number of para-hydroxylation sites is 1. The summed E-state index contributed by atoms with van der Waals surface area (Å²) in [4.78, 5) is 3.85. The van der Waals surface area contributed by atoms with Gasteiger partial charge in [-0.25, -0.2) is 0 Å². The minimum absolute atomic E-state index is 0.451. The van der Waals surface area contributed by atoms with Crippen molar-refractivity contribution < 1.29 is 0 Å². The molecule has 0 saturated heterocycles. The van der Waals surface area contributed by atoms with E-state index >= 15 is 0 Å². The minimum Gasteiger partial charge on any atom is -0.363 e. The maximum atomic E-state index is 4.28. The fraction of sp³-hybridized carbons (Fsp3) is 0.533. The van der Waals surface area contributed by atoms with E-state index in [1.165, 1.54) is 16.0 Å². The smallest absolute Gasteiger partial charge is 0.193 e. The van der Waals surface area contributed by atoms with Crippen molar-refractivity contribution in [3.63, 3.8) is 0 Å². The van der Waals surface area contributed by atoms with E-state index in [4.69, 9.17) is 0 Å². The number of nitrogens with one attached hydrogen (secondary N) is 1. The molecule has 1 aliphatic rings. The molecular formula is C15H22N6. The lowest BCUT2D eigenvalue weighted by Crippen LogP contribution is -2.36. The van der Waals surface area contributed by atoms with Gasteiger partial charge in [-0.15, -0.1) is 10.2 Å². The molecule has 1 aromatic carbocycles. The molecule has 0 aliphatic carbocycles. The molecular weight excluding hydrogens is 264 g/mol. The number of hydrogen-bond donors (Lipinski definition) is 1. The van der Waals surface area contributed by atoms with Crippen LogP contribution in [-0.2, 0) is 13.6 Å². The highest BCUT2D eigenvalue weighted by Crippen LogP contribution is 2.34. The highest BCUT2D eigenvalue weighted by Gasteiger charge is 2.25. The lowest BCUT2D eigenvalue weighted by Gasteiger charge is -2.35. The number of benzene rings is 1. The van der Waals surface area contributed by atoms with E-state index in [0.29, 0.717) is 12.6 Å². The van der Waals surface area contributed by atoms with Crippen LogP contribution in [0.5, 0.6) is 0 Å². The molecule has 1 unspecified atom stereocenters. The van der Waals surface area contributed by atoms with Crippen LogP contribution in [0.3, 0.4) is 0 Å². The fourth-order valence-electron chi connectivity index (χ4n) is 2.88. The Morgan fingerprint density at radius 1 is 1.33 bits per heavy atom. The number of rotatable bonds is 5. The Kier molecular flexibility index (Phi) is 4.15. The first-order valence-corrected chi connectivity index (χ1v) is 7.58. The van der Waals surface area contributed by atoms with E-state index in [2.05, 4.69) is 56.8 Å². The minimum atomic E-state index is 0.451. The predicted molar refractivity (Wildman–Crippen MR) is 81.9 cm³/mol. The summed E-state index contributed by atoms with van der Waals surface area (Å²) >= 11 is 0. The summed E-state index contributed by atoms with van der Waals surface area (Å²) < 4.78 is 0. The molecule has 2 aromatic rings. The van der Waals surface area contributed by atoms with Gasteiger partial charge in [0.1, 0.15) is 0 Å². The van der Waals surface area contributed by atoms with Gasteiger partial charge in [-0.05, 0) is 36.2 Å². The van der Waals surface area contributed by atoms with E-state index < -0.39 is 0 Å². The van der Waals surface area contributed by atoms with Crippen molar-refractivity contribution in [3.8, 4) is 0 Å². The summed E-state index contributed by atoms with van der Waals surface area (Å²) in [5, 5.41) is 15.9. The molecule has 0 radical (unpaired) electrons. The fourth-order valence-corrected chi connectivity index (χ4v) is 2.88. The lowest BCUT2D eigenvalue weighted by molar-refractivity contribution is 0.475. The zero-order valence-corrected chi connectivity index (χ0v) is 12.7.